The minimum absolute atomic E-state index is 0.0335. The van der Waals surface area contributed by atoms with Gasteiger partial charge in [0.2, 0.25) is 0 Å². The molecule has 3 N–H and O–H groups in total. The lowest BCUT2D eigenvalue weighted by Crippen LogP contribution is -2.43. The Bertz CT molecular complexity index is 440. The predicted octanol–water partition coefficient (Wildman–Crippen LogP) is 10.0. The molecule has 0 fully saturated rings. The van der Waals surface area contributed by atoms with Gasteiger partial charge in [0.25, 0.3) is 0 Å². The van der Waals surface area contributed by atoms with Crippen LogP contribution in [-0.2, 0) is 0 Å². The third kappa shape index (κ3) is 28.4. The van der Waals surface area contributed by atoms with E-state index in [1.807, 2.05) is 0 Å². The molecule has 0 amide bonds. The summed E-state index contributed by atoms with van der Waals surface area (Å²) in [5.41, 5.74) is 0. The van der Waals surface area contributed by atoms with Gasteiger partial charge >= 0.3 is 0 Å². The maximum atomic E-state index is 10.5. The zero-order valence-electron chi connectivity index (χ0n) is 25.5. The molecular formula is C34H69NO2. The quantitative estimate of drug-likeness (QED) is 0.0625. The van der Waals surface area contributed by atoms with Crippen LogP contribution in [0.2, 0.25) is 0 Å². The highest BCUT2D eigenvalue weighted by molar-refractivity contribution is 4.81. The monoisotopic (exact) mass is 524 g/mol. The lowest BCUT2D eigenvalue weighted by atomic mass is 10.0. The van der Waals surface area contributed by atoms with Crippen molar-refractivity contribution in [2.45, 2.75) is 193 Å². The van der Waals surface area contributed by atoms with E-state index < -0.39 is 6.10 Å². The Morgan fingerprint density at radius 2 is 0.892 bits per heavy atom. The number of hydrogen-bond donors (Lipinski definition) is 3. The van der Waals surface area contributed by atoms with E-state index in [2.05, 4.69) is 31.3 Å². The van der Waals surface area contributed by atoms with Gasteiger partial charge in [0.15, 0.2) is 0 Å². The fourth-order valence-corrected chi connectivity index (χ4v) is 5.20. The van der Waals surface area contributed by atoms with Gasteiger partial charge in [0.05, 0.1) is 18.8 Å². The Morgan fingerprint density at radius 1 is 0.514 bits per heavy atom. The van der Waals surface area contributed by atoms with Crippen molar-refractivity contribution in [3.05, 3.63) is 12.2 Å². The first-order chi connectivity index (χ1) is 18.3. The summed E-state index contributed by atoms with van der Waals surface area (Å²) in [5.74, 6) is 0. The van der Waals surface area contributed by atoms with Crippen LogP contribution in [0.3, 0.4) is 0 Å². The molecule has 3 nitrogen and oxygen atoms in total. The highest BCUT2D eigenvalue weighted by Crippen LogP contribution is 2.14. The number of aliphatic hydroxyl groups is 2. The Balaban J connectivity index is 3.44. The van der Waals surface area contributed by atoms with Gasteiger partial charge in [0.1, 0.15) is 0 Å². The summed E-state index contributed by atoms with van der Waals surface area (Å²) in [7, 11) is 0. The number of rotatable bonds is 31. The summed E-state index contributed by atoms with van der Waals surface area (Å²) in [5, 5.41) is 23.6. The molecule has 0 saturated carbocycles. The van der Waals surface area contributed by atoms with Gasteiger partial charge < -0.3 is 15.5 Å². The van der Waals surface area contributed by atoms with E-state index in [0.29, 0.717) is 0 Å². The van der Waals surface area contributed by atoms with Crippen LogP contribution < -0.4 is 5.32 Å². The molecule has 0 saturated heterocycles. The molecule has 0 rings (SSSR count). The summed E-state index contributed by atoms with van der Waals surface area (Å²) >= 11 is 0. The molecule has 222 valence electrons. The maximum Gasteiger partial charge on any atom is 0.0715 e. The van der Waals surface area contributed by atoms with Gasteiger partial charge in [-0.2, -0.15) is 0 Å². The van der Waals surface area contributed by atoms with Crippen molar-refractivity contribution in [3.8, 4) is 0 Å². The Kier molecular flexibility index (Phi) is 31.5. The lowest BCUT2D eigenvalue weighted by Gasteiger charge is -2.22. The highest BCUT2D eigenvalue weighted by atomic mass is 16.3. The Morgan fingerprint density at radius 3 is 1.35 bits per heavy atom. The first kappa shape index (κ1) is 36.6. The molecule has 0 aliphatic rings. The van der Waals surface area contributed by atoms with Gasteiger partial charge in [-0.15, -0.1) is 0 Å². The van der Waals surface area contributed by atoms with Crippen molar-refractivity contribution in [1.82, 2.24) is 5.32 Å². The van der Waals surface area contributed by atoms with Gasteiger partial charge in [-0.05, 0) is 45.1 Å². The van der Waals surface area contributed by atoms with Gasteiger partial charge in [-0.1, -0.05) is 154 Å². The third-order valence-corrected chi connectivity index (χ3v) is 7.86. The van der Waals surface area contributed by atoms with Crippen LogP contribution in [-0.4, -0.2) is 35.5 Å². The predicted molar refractivity (Wildman–Crippen MR) is 165 cm³/mol. The van der Waals surface area contributed by atoms with Crippen LogP contribution in [0.25, 0.3) is 0 Å². The topological polar surface area (TPSA) is 52.5 Å². The summed E-state index contributed by atoms with van der Waals surface area (Å²) in [6, 6.07) is -0.161. The minimum Gasteiger partial charge on any atom is -0.395 e. The SMILES string of the molecule is CCCCCC/C=C\CCCCCCCCN[C@@H](CO)[C@H](O)CCCCCCCCCCCCCCC. The first-order valence-corrected chi connectivity index (χ1v) is 16.9. The summed E-state index contributed by atoms with van der Waals surface area (Å²) in [4.78, 5) is 0. The smallest absolute Gasteiger partial charge is 0.0715 e. The van der Waals surface area contributed by atoms with E-state index >= 15 is 0 Å². The second kappa shape index (κ2) is 31.8. The molecule has 0 aromatic carbocycles. The number of hydrogen-bond acceptors (Lipinski definition) is 3. The maximum absolute atomic E-state index is 10.5. The van der Waals surface area contributed by atoms with E-state index in [-0.39, 0.29) is 12.6 Å². The fraction of sp³-hybridized carbons (Fsp3) is 0.941. The molecule has 0 bridgehead atoms. The van der Waals surface area contributed by atoms with Crippen molar-refractivity contribution in [1.29, 1.82) is 0 Å². The van der Waals surface area contributed by atoms with Crippen LogP contribution in [0.1, 0.15) is 181 Å². The molecule has 3 heteroatoms. The van der Waals surface area contributed by atoms with Gasteiger partial charge in [-0.25, -0.2) is 0 Å². The molecule has 0 radical (unpaired) electrons. The normalized spacial score (nSPS) is 13.5. The zero-order chi connectivity index (χ0) is 27.1. The molecule has 0 aromatic rings. The largest absolute Gasteiger partial charge is 0.395 e. The van der Waals surface area contributed by atoms with Crippen molar-refractivity contribution in [3.63, 3.8) is 0 Å². The van der Waals surface area contributed by atoms with E-state index in [4.69, 9.17) is 0 Å². The second-order valence-electron chi connectivity index (χ2n) is 11.6. The van der Waals surface area contributed by atoms with E-state index in [0.717, 1.165) is 25.8 Å². The Labute approximate surface area is 233 Å². The van der Waals surface area contributed by atoms with Crippen LogP contribution in [0.5, 0.6) is 0 Å². The molecule has 0 unspecified atom stereocenters. The lowest BCUT2D eigenvalue weighted by molar-refractivity contribution is 0.0810. The molecule has 0 spiro atoms. The molecule has 2 atom stereocenters. The average molecular weight is 524 g/mol. The first-order valence-electron chi connectivity index (χ1n) is 16.9. The van der Waals surface area contributed by atoms with Crippen LogP contribution in [0.4, 0.5) is 0 Å². The standard InChI is InChI=1S/C34H69NO2/c1-3-5-7-9-11-13-15-17-19-21-23-25-27-29-31-35-33(32-36)34(37)30-28-26-24-22-20-18-16-14-12-10-8-6-4-2/h13,15,33-37H,3-12,14,16-32H2,1-2H3/b15-13-/t33-,34+/m0/s1. The highest BCUT2D eigenvalue weighted by Gasteiger charge is 2.16. The second-order valence-corrected chi connectivity index (χ2v) is 11.6. The number of aliphatic hydroxyl groups excluding tert-OH is 2. The Hall–Kier alpha value is -0.380. The third-order valence-electron chi connectivity index (χ3n) is 7.86. The number of allylic oxidation sites excluding steroid dienone is 2. The summed E-state index contributed by atoms with van der Waals surface area (Å²) in [6.45, 7) is 5.49. The van der Waals surface area contributed by atoms with Crippen molar-refractivity contribution >= 4 is 0 Å². The van der Waals surface area contributed by atoms with E-state index in [1.54, 1.807) is 0 Å². The number of nitrogens with one attached hydrogen (secondary N) is 1. The molecule has 0 aliphatic heterocycles. The van der Waals surface area contributed by atoms with Crippen LogP contribution in [0.15, 0.2) is 12.2 Å². The zero-order valence-corrected chi connectivity index (χ0v) is 25.5. The van der Waals surface area contributed by atoms with Gasteiger partial charge in [0, 0.05) is 0 Å². The molecule has 37 heavy (non-hydrogen) atoms. The molecule has 0 heterocycles. The van der Waals surface area contributed by atoms with Crippen molar-refractivity contribution in [2.24, 2.45) is 0 Å². The fourth-order valence-electron chi connectivity index (χ4n) is 5.20. The van der Waals surface area contributed by atoms with Crippen molar-refractivity contribution in [2.75, 3.05) is 13.2 Å². The molecule has 0 aliphatic carbocycles. The summed E-state index contributed by atoms with van der Waals surface area (Å²) in [6.07, 6.45) is 38.3. The van der Waals surface area contributed by atoms with Gasteiger partial charge in [-0.3, -0.25) is 0 Å². The molecule has 0 aromatic heterocycles. The summed E-state index contributed by atoms with van der Waals surface area (Å²) < 4.78 is 0. The van der Waals surface area contributed by atoms with Crippen LogP contribution in [0, 0.1) is 0 Å². The van der Waals surface area contributed by atoms with Crippen molar-refractivity contribution < 1.29 is 10.2 Å². The van der Waals surface area contributed by atoms with E-state index in [1.165, 1.54) is 148 Å². The molecular weight excluding hydrogens is 454 g/mol. The van der Waals surface area contributed by atoms with E-state index in [9.17, 15) is 10.2 Å². The van der Waals surface area contributed by atoms with Crippen LogP contribution >= 0.6 is 0 Å². The average Bonchev–Trinajstić information content (AvgIpc) is 2.91. The minimum atomic E-state index is -0.419. The number of unbranched alkanes of at least 4 members (excludes halogenated alkanes) is 22.